The first-order chi connectivity index (χ1) is 14.5. The van der Waals surface area contributed by atoms with Gasteiger partial charge in [0.15, 0.2) is 9.84 Å². The number of halogens is 4. The summed E-state index contributed by atoms with van der Waals surface area (Å²) >= 11 is 0. The number of nitrogens with one attached hydrogen (secondary N) is 1. The van der Waals surface area contributed by atoms with Crippen LogP contribution in [0.15, 0.2) is 48.7 Å². The van der Waals surface area contributed by atoms with Gasteiger partial charge < -0.3 is 10.1 Å². The van der Waals surface area contributed by atoms with Gasteiger partial charge in [-0.3, -0.25) is 0 Å². The Morgan fingerprint density at radius 3 is 2.52 bits per heavy atom. The molecule has 11 heteroatoms. The maximum Gasteiger partial charge on any atom is 0.419 e. The van der Waals surface area contributed by atoms with Crippen molar-refractivity contribution in [2.75, 3.05) is 18.7 Å². The lowest BCUT2D eigenvalue weighted by Crippen LogP contribution is -2.11. The van der Waals surface area contributed by atoms with Gasteiger partial charge in [0.25, 0.3) is 0 Å². The van der Waals surface area contributed by atoms with E-state index in [1.807, 2.05) is 0 Å². The molecule has 0 atom stereocenters. The fourth-order valence-electron chi connectivity index (χ4n) is 2.89. The summed E-state index contributed by atoms with van der Waals surface area (Å²) < 4.78 is 82.2. The molecule has 0 bridgehead atoms. The third kappa shape index (κ3) is 5.69. The number of aromatic nitrogens is 2. The van der Waals surface area contributed by atoms with Gasteiger partial charge in [0.2, 0.25) is 5.95 Å². The lowest BCUT2D eigenvalue weighted by atomic mass is 10.1. The Labute approximate surface area is 175 Å². The van der Waals surface area contributed by atoms with Crippen molar-refractivity contribution in [1.82, 2.24) is 9.97 Å². The number of hydrogen-bond donors (Lipinski definition) is 1. The Morgan fingerprint density at radius 1 is 1.13 bits per heavy atom. The van der Waals surface area contributed by atoms with Gasteiger partial charge in [-0.2, -0.15) is 13.2 Å². The SMILES string of the molecule is COc1cc(F)ccc1-c1nc(Nc2cccc(CS(C)(=O)=O)c2)ncc1C(F)(F)F. The highest BCUT2D eigenvalue weighted by Gasteiger charge is 2.36. The summed E-state index contributed by atoms with van der Waals surface area (Å²) in [6, 6.07) is 9.42. The molecule has 1 heterocycles. The number of alkyl halides is 3. The molecule has 0 aliphatic heterocycles. The normalized spacial score (nSPS) is 11.9. The van der Waals surface area contributed by atoms with Crippen LogP contribution in [-0.2, 0) is 21.8 Å². The van der Waals surface area contributed by atoms with E-state index in [0.29, 0.717) is 17.4 Å². The first kappa shape index (κ1) is 22.5. The second kappa shape index (κ2) is 8.50. The van der Waals surface area contributed by atoms with E-state index in [9.17, 15) is 26.0 Å². The van der Waals surface area contributed by atoms with Gasteiger partial charge >= 0.3 is 6.18 Å². The van der Waals surface area contributed by atoms with Crippen molar-refractivity contribution in [3.8, 4) is 17.0 Å². The summed E-state index contributed by atoms with van der Waals surface area (Å²) in [5.41, 5.74) is -0.798. The summed E-state index contributed by atoms with van der Waals surface area (Å²) in [5, 5.41) is 2.77. The highest BCUT2D eigenvalue weighted by molar-refractivity contribution is 7.89. The van der Waals surface area contributed by atoms with Crippen molar-refractivity contribution in [2.45, 2.75) is 11.9 Å². The lowest BCUT2D eigenvalue weighted by molar-refractivity contribution is -0.137. The van der Waals surface area contributed by atoms with Crippen molar-refractivity contribution in [1.29, 1.82) is 0 Å². The summed E-state index contributed by atoms with van der Waals surface area (Å²) in [4.78, 5) is 7.71. The van der Waals surface area contributed by atoms with Crippen LogP contribution in [0.3, 0.4) is 0 Å². The number of nitrogens with zero attached hydrogens (tertiary/aromatic N) is 2. The van der Waals surface area contributed by atoms with Gasteiger partial charge in [-0.1, -0.05) is 12.1 Å². The van der Waals surface area contributed by atoms with Gasteiger partial charge in [0.05, 0.1) is 18.6 Å². The zero-order chi connectivity index (χ0) is 22.8. The molecule has 3 rings (SSSR count). The monoisotopic (exact) mass is 455 g/mol. The third-order valence-corrected chi connectivity index (χ3v) is 4.98. The Bertz CT molecular complexity index is 1210. The molecule has 0 aliphatic rings. The number of anilines is 2. The topological polar surface area (TPSA) is 81.2 Å². The minimum absolute atomic E-state index is 0.0625. The van der Waals surface area contributed by atoms with E-state index in [0.717, 1.165) is 24.5 Å². The second-order valence-corrected chi connectivity index (χ2v) is 8.83. The molecule has 0 aliphatic carbocycles. The van der Waals surface area contributed by atoms with Crippen molar-refractivity contribution in [3.05, 3.63) is 65.6 Å². The molecular weight excluding hydrogens is 438 g/mol. The maximum atomic E-state index is 13.5. The van der Waals surface area contributed by atoms with Gasteiger partial charge in [-0.05, 0) is 29.8 Å². The Balaban J connectivity index is 2.05. The molecule has 1 N–H and O–H groups in total. The van der Waals surface area contributed by atoms with Crippen LogP contribution in [-0.4, -0.2) is 31.8 Å². The van der Waals surface area contributed by atoms with E-state index in [1.165, 1.54) is 13.2 Å². The predicted octanol–water partition coefficient (Wildman–Crippen LogP) is 4.60. The van der Waals surface area contributed by atoms with E-state index in [2.05, 4.69) is 15.3 Å². The lowest BCUT2D eigenvalue weighted by Gasteiger charge is -2.16. The number of sulfone groups is 1. The minimum atomic E-state index is -4.76. The summed E-state index contributed by atoms with van der Waals surface area (Å²) in [6.45, 7) is 0. The largest absolute Gasteiger partial charge is 0.496 e. The fraction of sp³-hybridized carbons (Fsp3) is 0.200. The Kier molecular flexibility index (Phi) is 6.16. The standard InChI is InChI=1S/C20H17F4N3O3S/c1-30-17-9-13(21)6-7-15(17)18-16(20(22,23)24)10-25-19(27-18)26-14-5-3-4-12(8-14)11-31(2,28)29/h3-10H,11H2,1-2H3,(H,25,26,27). The van der Waals surface area contributed by atoms with Crippen molar-refractivity contribution >= 4 is 21.5 Å². The third-order valence-electron chi connectivity index (χ3n) is 4.12. The molecule has 0 amide bonds. The number of rotatable bonds is 6. The van der Waals surface area contributed by atoms with Gasteiger partial charge in [0, 0.05) is 29.8 Å². The van der Waals surface area contributed by atoms with E-state index < -0.39 is 33.1 Å². The van der Waals surface area contributed by atoms with Crippen LogP contribution in [0.5, 0.6) is 5.75 Å². The minimum Gasteiger partial charge on any atom is -0.496 e. The summed E-state index contributed by atoms with van der Waals surface area (Å²) in [6.07, 6.45) is -3.05. The molecule has 0 unspecified atom stereocenters. The molecule has 164 valence electrons. The average molecular weight is 455 g/mol. The van der Waals surface area contributed by atoms with Crippen molar-refractivity contribution < 1.29 is 30.7 Å². The van der Waals surface area contributed by atoms with Crippen molar-refractivity contribution in [3.63, 3.8) is 0 Å². The molecule has 2 aromatic carbocycles. The first-order valence-electron chi connectivity index (χ1n) is 8.78. The molecule has 0 spiro atoms. The van der Waals surface area contributed by atoms with E-state index in [-0.39, 0.29) is 23.0 Å². The zero-order valence-electron chi connectivity index (χ0n) is 16.4. The van der Waals surface area contributed by atoms with E-state index in [4.69, 9.17) is 4.74 Å². The Hall–Kier alpha value is -3.21. The predicted molar refractivity (Wildman–Crippen MR) is 107 cm³/mol. The van der Waals surface area contributed by atoms with Crippen LogP contribution in [0.1, 0.15) is 11.1 Å². The molecule has 0 radical (unpaired) electrons. The van der Waals surface area contributed by atoms with Crippen LogP contribution in [0.2, 0.25) is 0 Å². The molecule has 0 saturated carbocycles. The summed E-state index contributed by atoms with van der Waals surface area (Å²) in [7, 11) is -2.06. The Morgan fingerprint density at radius 2 is 1.87 bits per heavy atom. The van der Waals surface area contributed by atoms with Crippen LogP contribution in [0.4, 0.5) is 29.2 Å². The molecule has 0 saturated heterocycles. The number of benzene rings is 2. The number of hydrogen-bond acceptors (Lipinski definition) is 6. The number of methoxy groups -OCH3 is 1. The van der Waals surface area contributed by atoms with Crippen LogP contribution in [0.25, 0.3) is 11.3 Å². The smallest absolute Gasteiger partial charge is 0.419 e. The van der Waals surface area contributed by atoms with Gasteiger partial charge in [-0.15, -0.1) is 0 Å². The van der Waals surface area contributed by atoms with Crippen molar-refractivity contribution in [2.24, 2.45) is 0 Å². The zero-order valence-corrected chi connectivity index (χ0v) is 17.2. The highest BCUT2D eigenvalue weighted by Crippen LogP contribution is 2.39. The first-order valence-corrected chi connectivity index (χ1v) is 10.8. The highest BCUT2D eigenvalue weighted by atomic mass is 32.2. The van der Waals surface area contributed by atoms with Crippen LogP contribution >= 0.6 is 0 Å². The summed E-state index contributed by atoms with van der Waals surface area (Å²) in [5.74, 6) is -1.16. The molecule has 6 nitrogen and oxygen atoms in total. The second-order valence-electron chi connectivity index (χ2n) is 6.69. The van der Waals surface area contributed by atoms with Gasteiger partial charge in [0.1, 0.15) is 17.1 Å². The molecule has 0 fully saturated rings. The molecule has 3 aromatic rings. The van der Waals surface area contributed by atoms with E-state index >= 15 is 0 Å². The fourth-order valence-corrected chi connectivity index (χ4v) is 3.67. The number of ether oxygens (including phenoxy) is 1. The quantitative estimate of drug-likeness (QED) is 0.548. The average Bonchev–Trinajstić information content (AvgIpc) is 2.66. The maximum absolute atomic E-state index is 13.5. The van der Waals surface area contributed by atoms with Crippen LogP contribution < -0.4 is 10.1 Å². The van der Waals surface area contributed by atoms with Gasteiger partial charge in [-0.25, -0.2) is 22.8 Å². The van der Waals surface area contributed by atoms with E-state index in [1.54, 1.807) is 18.2 Å². The van der Waals surface area contributed by atoms with Crippen LogP contribution in [0, 0.1) is 5.82 Å². The molecule has 31 heavy (non-hydrogen) atoms. The molecular formula is C20H17F4N3O3S. The molecule has 1 aromatic heterocycles.